The Balaban J connectivity index is 2.06. The van der Waals surface area contributed by atoms with Gasteiger partial charge in [-0.25, -0.2) is 4.79 Å². The number of hydrogen-bond acceptors (Lipinski definition) is 4. The molecule has 0 amide bonds. The lowest BCUT2D eigenvalue weighted by Gasteiger charge is -2.33. The first kappa shape index (κ1) is 24.0. The molecular weight excluding hydrogens is 420 g/mol. The van der Waals surface area contributed by atoms with E-state index in [1.54, 1.807) is 49.4 Å². The van der Waals surface area contributed by atoms with Crippen molar-refractivity contribution in [3.05, 3.63) is 87.5 Å². The number of ether oxygens (including phenoxy) is 1. The fourth-order valence-corrected chi connectivity index (χ4v) is 4.27. The molecule has 1 aliphatic carbocycles. The second kappa shape index (κ2) is 9.45. The maximum atomic E-state index is 12.6. The predicted molar refractivity (Wildman–Crippen MR) is 125 cm³/mol. The number of aliphatic carboxylic acids is 2. The summed E-state index contributed by atoms with van der Waals surface area (Å²) in [6.45, 7) is 7.12. The molecule has 0 fully saturated rings. The van der Waals surface area contributed by atoms with E-state index in [1.165, 1.54) is 6.92 Å². The van der Waals surface area contributed by atoms with Gasteiger partial charge in [-0.05, 0) is 73.2 Å². The summed E-state index contributed by atoms with van der Waals surface area (Å²) in [5, 5.41) is 19.9. The predicted octanol–water partition coefficient (Wildman–Crippen LogP) is 5.02. The quantitative estimate of drug-likeness (QED) is 0.550. The molecule has 1 unspecified atom stereocenters. The van der Waals surface area contributed by atoms with Crippen LogP contribution in [-0.4, -0.2) is 27.9 Å². The van der Waals surface area contributed by atoms with E-state index in [4.69, 9.17) is 4.74 Å². The number of carbonyl (C=O) groups is 3. The summed E-state index contributed by atoms with van der Waals surface area (Å²) >= 11 is 0. The van der Waals surface area contributed by atoms with E-state index in [9.17, 15) is 24.6 Å². The van der Waals surface area contributed by atoms with E-state index in [-0.39, 0.29) is 24.4 Å². The van der Waals surface area contributed by atoms with Gasteiger partial charge in [0.1, 0.15) is 17.8 Å². The molecule has 2 aromatic rings. The maximum Gasteiger partial charge on any atom is 0.331 e. The number of carboxylic acids is 2. The summed E-state index contributed by atoms with van der Waals surface area (Å²) in [7, 11) is 0. The van der Waals surface area contributed by atoms with Crippen molar-refractivity contribution in [2.75, 3.05) is 0 Å². The van der Waals surface area contributed by atoms with Gasteiger partial charge in [0.05, 0.1) is 0 Å². The highest BCUT2D eigenvalue weighted by molar-refractivity contribution is 5.95. The molecular formula is C27H28O6. The molecule has 0 radical (unpaired) electrons. The van der Waals surface area contributed by atoms with Crippen molar-refractivity contribution in [3.63, 3.8) is 0 Å². The number of ketones is 1. The molecule has 0 spiro atoms. The zero-order valence-corrected chi connectivity index (χ0v) is 19.3. The third-order valence-electron chi connectivity index (χ3n) is 6.28. The minimum absolute atomic E-state index is 0.0340. The van der Waals surface area contributed by atoms with Crippen LogP contribution < -0.4 is 4.74 Å². The number of Topliss-reactive ketones (excluding diaryl/α,β-unsaturated/α-hetero) is 1. The highest BCUT2D eigenvalue weighted by Crippen LogP contribution is 2.41. The van der Waals surface area contributed by atoms with Gasteiger partial charge in [0.2, 0.25) is 0 Å². The van der Waals surface area contributed by atoms with Crippen molar-refractivity contribution in [3.8, 4) is 5.75 Å². The van der Waals surface area contributed by atoms with Crippen LogP contribution in [0.1, 0.15) is 59.8 Å². The van der Waals surface area contributed by atoms with Crippen LogP contribution in [0.15, 0.2) is 59.7 Å². The van der Waals surface area contributed by atoms with Crippen molar-refractivity contribution >= 4 is 17.7 Å². The number of benzene rings is 2. The molecule has 6 heteroatoms. The number of allylic oxidation sites excluding steroid dienone is 2. The van der Waals surface area contributed by atoms with Gasteiger partial charge in [0, 0.05) is 17.6 Å². The van der Waals surface area contributed by atoms with Crippen LogP contribution in [-0.2, 0) is 28.0 Å². The summed E-state index contributed by atoms with van der Waals surface area (Å²) in [6.07, 6.45) is 3.68. The van der Waals surface area contributed by atoms with E-state index in [0.29, 0.717) is 28.9 Å². The van der Waals surface area contributed by atoms with Gasteiger partial charge < -0.3 is 14.9 Å². The minimum atomic E-state index is -1.51. The Morgan fingerprint density at radius 1 is 1.09 bits per heavy atom. The first-order chi connectivity index (χ1) is 15.6. The largest absolute Gasteiger partial charge is 0.489 e. The number of carboxylic acid groups (broad SMARTS) is 2. The van der Waals surface area contributed by atoms with Gasteiger partial charge in [-0.1, -0.05) is 37.3 Å². The molecule has 2 N–H and O–H groups in total. The SMILES string of the molecule is CCc1cccc(C2(C(=O)O)C=CC(C)=C(C(=O)O)C2)c1COc1ccc(C(C)=O)cc1C. The van der Waals surface area contributed by atoms with Crippen molar-refractivity contribution in [1.29, 1.82) is 0 Å². The molecule has 1 atom stereocenters. The fraction of sp³-hybridized carbons (Fsp3) is 0.296. The molecule has 33 heavy (non-hydrogen) atoms. The third-order valence-corrected chi connectivity index (χ3v) is 6.28. The van der Waals surface area contributed by atoms with Gasteiger partial charge in [0.25, 0.3) is 0 Å². The van der Waals surface area contributed by atoms with Gasteiger partial charge in [-0.2, -0.15) is 0 Å². The number of aryl methyl sites for hydroxylation is 2. The van der Waals surface area contributed by atoms with Gasteiger partial charge >= 0.3 is 11.9 Å². The van der Waals surface area contributed by atoms with Crippen LogP contribution in [0.2, 0.25) is 0 Å². The van der Waals surface area contributed by atoms with E-state index in [1.807, 2.05) is 19.9 Å². The normalized spacial score (nSPS) is 17.7. The molecule has 0 aliphatic heterocycles. The molecule has 0 aromatic heterocycles. The van der Waals surface area contributed by atoms with Gasteiger partial charge in [-0.15, -0.1) is 0 Å². The molecule has 0 saturated heterocycles. The van der Waals surface area contributed by atoms with Crippen LogP contribution in [0.25, 0.3) is 0 Å². The van der Waals surface area contributed by atoms with Crippen molar-refractivity contribution in [2.45, 2.75) is 52.6 Å². The average Bonchev–Trinajstić information content (AvgIpc) is 2.78. The van der Waals surface area contributed by atoms with Crippen molar-refractivity contribution in [1.82, 2.24) is 0 Å². The molecule has 0 bridgehead atoms. The Kier molecular flexibility index (Phi) is 6.86. The Hall–Kier alpha value is -3.67. The van der Waals surface area contributed by atoms with Gasteiger partial charge in [-0.3, -0.25) is 9.59 Å². The average molecular weight is 449 g/mol. The summed E-state index contributed by atoms with van der Waals surface area (Å²) in [6, 6.07) is 10.7. The molecule has 0 saturated carbocycles. The topological polar surface area (TPSA) is 101 Å². The lowest BCUT2D eigenvalue weighted by Crippen LogP contribution is -2.38. The first-order valence-corrected chi connectivity index (χ1v) is 10.8. The van der Waals surface area contributed by atoms with Crippen molar-refractivity contribution < 1.29 is 29.3 Å². The van der Waals surface area contributed by atoms with Crippen LogP contribution in [0.4, 0.5) is 0 Å². The van der Waals surface area contributed by atoms with Gasteiger partial charge in [0.15, 0.2) is 5.78 Å². The zero-order chi connectivity index (χ0) is 24.3. The second-order valence-electron chi connectivity index (χ2n) is 8.38. The third kappa shape index (κ3) is 4.60. The monoisotopic (exact) mass is 448 g/mol. The summed E-state index contributed by atoms with van der Waals surface area (Å²) in [5.41, 5.74) is 2.70. The molecule has 2 aromatic carbocycles. The van der Waals surface area contributed by atoms with Crippen LogP contribution in [0.5, 0.6) is 5.75 Å². The van der Waals surface area contributed by atoms with E-state index >= 15 is 0 Å². The van der Waals surface area contributed by atoms with E-state index in [2.05, 4.69) is 0 Å². The highest BCUT2D eigenvalue weighted by Gasteiger charge is 2.44. The minimum Gasteiger partial charge on any atom is -0.489 e. The Labute approximate surface area is 193 Å². The van der Waals surface area contributed by atoms with Crippen molar-refractivity contribution in [2.24, 2.45) is 0 Å². The zero-order valence-electron chi connectivity index (χ0n) is 19.3. The van der Waals surface area contributed by atoms with Crippen LogP contribution in [0.3, 0.4) is 0 Å². The molecule has 0 heterocycles. The lowest BCUT2D eigenvalue weighted by atomic mass is 9.69. The van der Waals surface area contributed by atoms with E-state index in [0.717, 1.165) is 16.7 Å². The summed E-state index contributed by atoms with van der Waals surface area (Å²) in [4.78, 5) is 36.0. The first-order valence-electron chi connectivity index (χ1n) is 10.8. The second-order valence-corrected chi connectivity index (χ2v) is 8.38. The lowest BCUT2D eigenvalue weighted by molar-refractivity contribution is -0.142. The number of carbonyl (C=O) groups excluding carboxylic acids is 1. The Bertz CT molecular complexity index is 1190. The van der Waals surface area contributed by atoms with Crippen LogP contribution in [0, 0.1) is 6.92 Å². The van der Waals surface area contributed by atoms with Crippen LogP contribution >= 0.6 is 0 Å². The fourth-order valence-electron chi connectivity index (χ4n) is 4.27. The standard InChI is InChI=1S/C27H28O6/c1-5-19-7-6-8-23(27(26(31)32)12-11-16(2)21(14-27)25(29)30)22(19)15-33-24-10-9-20(18(4)28)13-17(24)3/h6-13H,5,14-15H2,1-4H3,(H,29,30)(H,31,32). The summed E-state index contributed by atoms with van der Waals surface area (Å²) in [5.74, 6) is -1.66. The molecule has 6 nitrogen and oxygen atoms in total. The Morgan fingerprint density at radius 3 is 2.39 bits per heavy atom. The number of rotatable bonds is 8. The molecule has 1 aliphatic rings. The Morgan fingerprint density at radius 2 is 1.82 bits per heavy atom. The smallest absolute Gasteiger partial charge is 0.331 e. The highest BCUT2D eigenvalue weighted by atomic mass is 16.5. The van der Waals surface area contributed by atoms with E-state index < -0.39 is 17.4 Å². The molecule has 172 valence electrons. The molecule has 3 rings (SSSR count). The maximum absolute atomic E-state index is 12.6. The summed E-state index contributed by atoms with van der Waals surface area (Å²) < 4.78 is 6.10. The number of hydrogen-bond donors (Lipinski definition) is 2.